The zero-order valence-electron chi connectivity index (χ0n) is 19.0. The first-order valence-corrected chi connectivity index (χ1v) is 11.2. The van der Waals surface area contributed by atoms with Crippen molar-refractivity contribution in [2.24, 2.45) is 0 Å². The van der Waals surface area contributed by atoms with Gasteiger partial charge in [-0.25, -0.2) is 0 Å². The first-order chi connectivity index (χ1) is 15.0. The molecule has 0 unspecified atom stereocenters. The van der Waals surface area contributed by atoms with Crippen molar-refractivity contribution < 1.29 is 14.3 Å². The molecule has 0 aliphatic carbocycles. The molecule has 0 atom stereocenters. The summed E-state index contributed by atoms with van der Waals surface area (Å²) in [6.07, 6.45) is 0. The molecule has 0 saturated heterocycles. The molecule has 0 aliphatic heterocycles. The van der Waals surface area contributed by atoms with Crippen LogP contribution in [-0.2, 0) is 11.3 Å². The molecule has 0 heterocycles. The number of benzene rings is 2. The summed E-state index contributed by atoms with van der Waals surface area (Å²) in [5, 5.41) is 6.68. The van der Waals surface area contributed by atoms with Crippen molar-refractivity contribution in [3.05, 3.63) is 52.5 Å². The molecular weight excluding hydrogens is 414 g/mol. The van der Waals surface area contributed by atoms with Crippen molar-refractivity contribution >= 4 is 23.2 Å². The Labute approximate surface area is 190 Å². The third-order valence-corrected chi connectivity index (χ3v) is 5.16. The molecule has 0 bridgehead atoms. The number of carbonyl (C=O) groups is 1. The predicted octanol–water partition coefficient (Wildman–Crippen LogP) is 4.50. The van der Waals surface area contributed by atoms with Gasteiger partial charge in [-0.3, -0.25) is 4.79 Å². The average Bonchev–Trinajstić information content (AvgIpc) is 2.75. The highest BCUT2D eigenvalue weighted by molar-refractivity contribution is 6.32. The Bertz CT molecular complexity index is 824. The summed E-state index contributed by atoms with van der Waals surface area (Å²) < 4.78 is 11.4. The number of aryl methyl sites for hydroxylation is 1. The fourth-order valence-electron chi connectivity index (χ4n) is 3.11. The van der Waals surface area contributed by atoms with Crippen molar-refractivity contribution in [1.29, 1.82) is 0 Å². The van der Waals surface area contributed by atoms with E-state index in [-0.39, 0.29) is 12.5 Å². The lowest BCUT2D eigenvalue weighted by molar-refractivity contribution is -0.118. The molecule has 6 nitrogen and oxygen atoms in total. The molecule has 170 valence electrons. The maximum Gasteiger partial charge on any atom is 0.262 e. The van der Waals surface area contributed by atoms with Gasteiger partial charge in [0.2, 0.25) is 0 Å². The molecule has 1 amide bonds. The number of nitrogens with zero attached hydrogens (tertiary/aromatic N) is 1. The highest BCUT2D eigenvalue weighted by Gasteiger charge is 2.15. The SMILES string of the molecule is CCOc1cc(CNCCN(CC)CC)cc(Cl)c1OCC(=O)Nc1ccc(C)cc1. The summed E-state index contributed by atoms with van der Waals surface area (Å²) in [5.74, 6) is 0.664. The predicted molar refractivity (Wildman–Crippen MR) is 127 cm³/mol. The third-order valence-electron chi connectivity index (χ3n) is 4.88. The van der Waals surface area contributed by atoms with Crippen LogP contribution in [0.4, 0.5) is 5.69 Å². The van der Waals surface area contributed by atoms with E-state index in [9.17, 15) is 4.79 Å². The summed E-state index contributed by atoms with van der Waals surface area (Å²) in [4.78, 5) is 14.6. The maximum atomic E-state index is 12.3. The van der Waals surface area contributed by atoms with Crippen LogP contribution in [0.2, 0.25) is 5.02 Å². The van der Waals surface area contributed by atoms with Crippen molar-refractivity contribution in [3.63, 3.8) is 0 Å². The number of rotatable bonds is 13. The van der Waals surface area contributed by atoms with E-state index in [1.165, 1.54) is 0 Å². The number of ether oxygens (including phenoxy) is 2. The minimum absolute atomic E-state index is 0.158. The smallest absolute Gasteiger partial charge is 0.262 e. The second kappa shape index (κ2) is 13.2. The monoisotopic (exact) mass is 447 g/mol. The van der Waals surface area contributed by atoms with Gasteiger partial charge >= 0.3 is 0 Å². The van der Waals surface area contributed by atoms with Crippen LogP contribution in [-0.4, -0.2) is 50.2 Å². The van der Waals surface area contributed by atoms with Crippen LogP contribution in [0, 0.1) is 6.92 Å². The summed E-state index contributed by atoms with van der Waals surface area (Å²) in [6, 6.07) is 11.3. The molecule has 7 heteroatoms. The van der Waals surface area contributed by atoms with Gasteiger partial charge < -0.3 is 25.0 Å². The van der Waals surface area contributed by atoms with Crippen LogP contribution in [0.1, 0.15) is 31.9 Å². The van der Waals surface area contributed by atoms with E-state index in [0.29, 0.717) is 29.7 Å². The molecule has 31 heavy (non-hydrogen) atoms. The van der Waals surface area contributed by atoms with Crippen molar-refractivity contribution in [3.8, 4) is 11.5 Å². The molecule has 0 spiro atoms. The molecule has 2 N–H and O–H groups in total. The van der Waals surface area contributed by atoms with Crippen molar-refractivity contribution in [2.75, 3.05) is 44.7 Å². The number of halogens is 1. The molecular formula is C24H34ClN3O3. The van der Waals surface area contributed by atoms with E-state index in [2.05, 4.69) is 29.4 Å². The minimum Gasteiger partial charge on any atom is -0.490 e. The number of hydrogen-bond acceptors (Lipinski definition) is 5. The number of likely N-dealkylation sites (N-methyl/N-ethyl adjacent to an activating group) is 1. The van der Waals surface area contributed by atoms with E-state index in [4.69, 9.17) is 21.1 Å². The minimum atomic E-state index is -0.260. The zero-order valence-corrected chi connectivity index (χ0v) is 19.7. The second-order valence-corrected chi connectivity index (χ2v) is 7.65. The highest BCUT2D eigenvalue weighted by Crippen LogP contribution is 2.36. The van der Waals surface area contributed by atoms with Gasteiger partial charge in [0, 0.05) is 25.3 Å². The van der Waals surface area contributed by atoms with E-state index in [0.717, 1.165) is 43.0 Å². The van der Waals surface area contributed by atoms with Gasteiger partial charge in [-0.15, -0.1) is 0 Å². The van der Waals surface area contributed by atoms with Gasteiger partial charge in [0.25, 0.3) is 5.91 Å². The van der Waals surface area contributed by atoms with Gasteiger partial charge in [0.15, 0.2) is 18.1 Å². The lowest BCUT2D eigenvalue weighted by Gasteiger charge is -2.18. The zero-order chi connectivity index (χ0) is 22.6. The lowest BCUT2D eigenvalue weighted by Crippen LogP contribution is -2.31. The Kier molecular flexibility index (Phi) is 10.6. The van der Waals surface area contributed by atoms with Crippen LogP contribution < -0.4 is 20.1 Å². The maximum absolute atomic E-state index is 12.3. The van der Waals surface area contributed by atoms with Crippen LogP contribution >= 0.6 is 11.6 Å². The van der Waals surface area contributed by atoms with E-state index < -0.39 is 0 Å². The molecule has 0 fully saturated rings. The van der Waals surface area contributed by atoms with Crippen LogP contribution in [0.5, 0.6) is 11.5 Å². The summed E-state index contributed by atoms with van der Waals surface area (Å²) >= 11 is 6.47. The largest absolute Gasteiger partial charge is 0.490 e. The van der Waals surface area contributed by atoms with Gasteiger partial charge in [-0.05, 0) is 56.8 Å². The van der Waals surface area contributed by atoms with Gasteiger partial charge in [-0.2, -0.15) is 0 Å². The number of anilines is 1. The summed E-state index contributed by atoms with van der Waals surface area (Å²) in [5.41, 5.74) is 2.86. The Morgan fingerprint density at radius 1 is 1.06 bits per heavy atom. The Hall–Kier alpha value is -2.28. The van der Waals surface area contributed by atoms with E-state index in [1.54, 1.807) is 0 Å². The molecule has 0 saturated carbocycles. The molecule has 2 aromatic carbocycles. The average molecular weight is 448 g/mol. The topological polar surface area (TPSA) is 62.8 Å². The molecule has 2 rings (SSSR count). The summed E-state index contributed by atoms with van der Waals surface area (Å²) in [7, 11) is 0. The van der Waals surface area contributed by atoms with E-state index in [1.807, 2.05) is 50.2 Å². The van der Waals surface area contributed by atoms with Crippen molar-refractivity contribution in [2.45, 2.75) is 34.2 Å². The number of nitrogens with one attached hydrogen (secondary N) is 2. The molecule has 2 aromatic rings. The van der Waals surface area contributed by atoms with Crippen LogP contribution in [0.25, 0.3) is 0 Å². The molecule has 0 radical (unpaired) electrons. The summed E-state index contributed by atoms with van der Waals surface area (Å²) in [6.45, 7) is 13.2. The Morgan fingerprint density at radius 2 is 1.77 bits per heavy atom. The third kappa shape index (κ3) is 8.40. The quantitative estimate of drug-likeness (QED) is 0.443. The van der Waals surface area contributed by atoms with E-state index >= 15 is 0 Å². The first kappa shape index (κ1) is 25.0. The molecule has 0 aromatic heterocycles. The van der Waals surface area contributed by atoms with Crippen LogP contribution in [0.3, 0.4) is 0 Å². The number of hydrogen-bond donors (Lipinski definition) is 2. The first-order valence-electron chi connectivity index (χ1n) is 10.8. The standard InChI is InChI=1S/C24H34ClN3O3/c1-5-28(6-2)13-12-26-16-19-14-21(25)24(22(15-19)30-7-3)31-17-23(29)27-20-10-8-18(4)9-11-20/h8-11,14-15,26H,5-7,12-13,16-17H2,1-4H3,(H,27,29). The number of amides is 1. The fourth-order valence-corrected chi connectivity index (χ4v) is 3.40. The lowest BCUT2D eigenvalue weighted by atomic mass is 10.2. The Morgan fingerprint density at radius 3 is 2.42 bits per heavy atom. The normalized spacial score (nSPS) is 10.9. The fraction of sp³-hybridized carbons (Fsp3) is 0.458. The van der Waals surface area contributed by atoms with Gasteiger partial charge in [0.1, 0.15) is 0 Å². The Balaban J connectivity index is 1.95. The number of carbonyl (C=O) groups excluding carboxylic acids is 1. The molecule has 0 aliphatic rings. The van der Waals surface area contributed by atoms with Crippen LogP contribution in [0.15, 0.2) is 36.4 Å². The second-order valence-electron chi connectivity index (χ2n) is 7.24. The van der Waals surface area contributed by atoms with Crippen molar-refractivity contribution in [1.82, 2.24) is 10.2 Å². The highest BCUT2D eigenvalue weighted by atomic mass is 35.5. The van der Waals surface area contributed by atoms with Gasteiger partial charge in [-0.1, -0.05) is 43.1 Å². The van der Waals surface area contributed by atoms with Gasteiger partial charge in [0.05, 0.1) is 11.6 Å².